The maximum absolute atomic E-state index is 13.2. The van der Waals surface area contributed by atoms with Crippen molar-refractivity contribution in [1.82, 2.24) is 15.0 Å². The van der Waals surface area contributed by atoms with Gasteiger partial charge in [0.1, 0.15) is 17.1 Å². The van der Waals surface area contributed by atoms with Crippen molar-refractivity contribution in [2.45, 2.75) is 26.7 Å². The van der Waals surface area contributed by atoms with Crippen LogP contribution in [0.3, 0.4) is 0 Å². The number of halogens is 1. The molecule has 0 unspecified atom stereocenters. The Morgan fingerprint density at radius 3 is 2.59 bits per heavy atom. The highest BCUT2D eigenvalue weighted by Gasteiger charge is 2.26. The number of aryl methyl sites for hydroxylation is 1. The van der Waals surface area contributed by atoms with E-state index in [0.717, 1.165) is 36.0 Å². The molecular weight excluding hydrogens is 434 g/mol. The molecule has 0 aliphatic carbocycles. The van der Waals surface area contributed by atoms with E-state index in [-0.39, 0.29) is 11.7 Å². The highest BCUT2D eigenvalue weighted by atomic mass is 79.9. The molecule has 0 radical (unpaired) electrons. The molecule has 1 N–H and O–H groups in total. The Kier molecular flexibility index (Phi) is 5.41. The number of nitrogens with one attached hydrogen (secondary N) is 1. The normalized spacial score (nSPS) is 14.9. The summed E-state index contributed by atoms with van der Waals surface area (Å²) in [7, 11) is 0. The maximum Gasteiger partial charge on any atom is 0.270 e. The van der Waals surface area contributed by atoms with Gasteiger partial charge in [-0.1, -0.05) is 40.1 Å². The van der Waals surface area contributed by atoms with E-state index in [4.69, 9.17) is 4.52 Å². The van der Waals surface area contributed by atoms with E-state index >= 15 is 0 Å². The molecule has 1 saturated heterocycles. The van der Waals surface area contributed by atoms with Crippen LogP contribution in [-0.4, -0.2) is 39.8 Å². The lowest BCUT2D eigenvalue weighted by Gasteiger charge is -2.29. The Morgan fingerprint density at radius 2 is 1.90 bits per heavy atom. The second-order valence-corrected chi connectivity index (χ2v) is 8.49. The number of H-pyrrole nitrogens is 1. The van der Waals surface area contributed by atoms with Crippen LogP contribution in [0.15, 0.2) is 45.5 Å². The number of amides is 1. The lowest BCUT2D eigenvalue weighted by Crippen LogP contribution is -2.38. The topological polar surface area (TPSA) is 79.2 Å². The molecule has 3 heterocycles. The van der Waals surface area contributed by atoms with E-state index in [9.17, 15) is 9.59 Å². The predicted molar refractivity (Wildman–Crippen MR) is 113 cm³/mol. The number of ketones is 1. The van der Waals surface area contributed by atoms with Gasteiger partial charge in [0, 0.05) is 34.9 Å². The van der Waals surface area contributed by atoms with Gasteiger partial charge in [0.2, 0.25) is 0 Å². The highest BCUT2D eigenvalue weighted by Crippen LogP contribution is 2.29. The van der Waals surface area contributed by atoms with Gasteiger partial charge in [-0.2, -0.15) is 0 Å². The monoisotopic (exact) mass is 455 g/mol. The third-order valence-corrected chi connectivity index (χ3v) is 5.98. The summed E-state index contributed by atoms with van der Waals surface area (Å²) >= 11 is 3.41. The zero-order valence-corrected chi connectivity index (χ0v) is 18.0. The van der Waals surface area contributed by atoms with Gasteiger partial charge in [-0.15, -0.1) is 0 Å². The number of hydrogen-bond acceptors (Lipinski definition) is 4. The number of benzene rings is 1. The minimum atomic E-state index is -0.218. The van der Waals surface area contributed by atoms with E-state index in [0.29, 0.717) is 34.2 Å². The van der Waals surface area contributed by atoms with Crippen LogP contribution in [0.4, 0.5) is 0 Å². The number of hydrogen-bond donors (Lipinski definition) is 1. The second-order valence-electron chi connectivity index (χ2n) is 7.58. The molecule has 3 aromatic rings. The fourth-order valence-electron chi connectivity index (χ4n) is 3.62. The fourth-order valence-corrected chi connectivity index (χ4v) is 3.88. The van der Waals surface area contributed by atoms with Crippen LogP contribution >= 0.6 is 15.9 Å². The van der Waals surface area contributed by atoms with Crippen LogP contribution in [0.1, 0.15) is 51.9 Å². The molecule has 0 spiro atoms. The number of rotatable bonds is 4. The Labute approximate surface area is 177 Å². The summed E-state index contributed by atoms with van der Waals surface area (Å²) in [6, 6.07) is 9.16. The highest BCUT2D eigenvalue weighted by molar-refractivity contribution is 9.10. The average molecular weight is 456 g/mol. The van der Waals surface area contributed by atoms with E-state index < -0.39 is 0 Å². The van der Waals surface area contributed by atoms with Crippen molar-refractivity contribution >= 4 is 27.6 Å². The Hall–Kier alpha value is -2.67. The standard InChI is InChI=1S/C22H22BrN3O3/c1-13-7-9-26(10-8-13)22(28)18-11-16(12-24-18)21(27)19-14(2)29-25-20(19)15-3-5-17(23)6-4-15/h3-6,11-13,24H,7-10H2,1-2H3. The first-order valence-corrected chi connectivity index (χ1v) is 10.5. The SMILES string of the molecule is Cc1onc(-c2ccc(Br)cc2)c1C(=O)c1c[nH]c(C(=O)N2CCC(C)CC2)c1. The third kappa shape index (κ3) is 3.92. The van der Waals surface area contributed by atoms with E-state index in [1.54, 1.807) is 19.2 Å². The van der Waals surface area contributed by atoms with Gasteiger partial charge in [0.05, 0.1) is 5.56 Å². The Morgan fingerprint density at radius 1 is 1.21 bits per heavy atom. The minimum Gasteiger partial charge on any atom is -0.360 e. The number of carbonyl (C=O) groups excluding carboxylic acids is 2. The van der Waals surface area contributed by atoms with Crippen molar-refractivity contribution in [2.75, 3.05) is 13.1 Å². The first kappa shape index (κ1) is 19.6. The Balaban J connectivity index is 1.59. The molecule has 1 fully saturated rings. The predicted octanol–water partition coefficient (Wildman–Crippen LogP) is 4.84. The van der Waals surface area contributed by atoms with E-state index in [1.165, 1.54) is 0 Å². The average Bonchev–Trinajstić information content (AvgIpc) is 3.35. The van der Waals surface area contributed by atoms with Gasteiger partial charge in [0.25, 0.3) is 5.91 Å². The largest absolute Gasteiger partial charge is 0.360 e. The lowest BCUT2D eigenvalue weighted by molar-refractivity contribution is 0.0692. The number of aromatic nitrogens is 2. The first-order chi connectivity index (χ1) is 13.9. The number of nitrogens with zero attached hydrogens (tertiary/aromatic N) is 2. The van der Waals surface area contributed by atoms with Crippen LogP contribution in [-0.2, 0) is 0 Å². The van der Waals surface area contributed by atoms with Crippen molar-refractivity contribution < 1.29 is 14.1 Å². The molecular formula is C22H22BrN3O3. The lowest BCUT2D eigenvalue weighted by atomic mass is 9.98. The number of aromatic amines is 1. The quantitative estimate of drug-likeness (QED) is 0.570. The molecule has 1 aliphatic heterocycles. The summed E-state index contributed by atoms with van der Waals surface area (Å²) in [6.45, 7) is 5.43. The van der Waals surface area contributed by atoms with Crippen molar-refractivity contribution in [3.05, 3.63) is 63.6 Å². The van der Waals surface area contributed by atoms with Crippen LogP contribution in [0.5, 0.6) is 0 Å². The van der Waals surface area contributed by atoms with Crippen molar-refractivity contribution in [3.8, 4) is 11.3 Å². The summed E-state index contributed by atoms with van der Waals surface area (Å²) in [5, 5.41) is 4.09. The number of piperidine rings is 1. The number of likely N-dealkylation sites (tertiary alicyclic amines) is 1. The third-order valence-electron chi connectivity index (χ3n) is 5.45. The molecule has 1 aliphatic rings. The van der Waals surface area contributed by atoms with Crippen molar-refractivity contribution in [1.29, 1.82) is 0 Å². The van der Waals surface area contributed by atoms with Gasteiger partial charge in [-0.05, 0) is 43.9 Å². The summed E-state index contributed by atoms with van der Waals surface area (Å²) in [6.07, 6.45) is 3.60. The first-order valence-electron chi connectivity index (χ1n) is 9.68. The molecule has 0 bridgehead atoms. The van der Waals surface area contributed by atoms with Crippen molar-refractivity contribution in [3.63, 3.8) is 0 Å². The summed E-state index contributed by atoms with van der Waals surface area (Å²) in [5.74, 6) is 0.816. The van der Waals surface area contributed by atoms with Gasteiger partial charge >= 0.3 is 0 Å². The molecule has 0 atom stereocenters. The molecule has 6 nitrogen and oxygen atoms in total. The maximum atomic E-state index is 13.2. The van der Waals surface area contributed by atoms with Crippen LogP contribution in [0.2, 0.25) is 0 Å². The zero-order valence-electron chi connectivity index (χ0n) is 16.4. The molecule has 2 aromatic heterocycles. The van der Waals surface area contributed by atoms with Crippen LogP contribution < -0.4 is 0 Å². The van der Waals surface area contributed by atoms with Gasteiger partial charge in [-0.25, -0.2) is 0 Å². The fraction of sp³-hybridized carbons (Fsp3) is 0.318. The molecule has 150 valence electrons. The molecule has 29 heavy (non-hydrogen) atoms. The number of carbonyl (C=O) groups is 2. The van der Waals surface area contributed by atoms with Gasteiger partial charge in [-0.3, -0.25) is 9.59 Å². The van der Waals surface area contributed by atoms with Gasteiger partial charge in [0.15, 0.2) is 5.78 Å². The molecule has 1 amide bonds. The molecule has 1 aromatic carbocycles. The smallest absolute Gasteiger partial charge is 0.270 e. The van der Waals surface area contributed by atoms with Crippen molar-refractivity contribution in [2.24, 2.45) is 5.92 Å². The summed E-state index contributed by atoms with van der Waals surface area (Å²) in [5.41, 5.74) is 2.56. The van der Waals surface area contributed by atoms with Crippen LogP contribution in [0, 0.1) is 12.8 Å². The Bertz CT molecular complexity index is 1040. The minimum absolute atomic E-state index is 0.0638. The summed E-state index contributed by atoms with van der Waals surface area (Å²) < 4.78 is 6.25. The van der Waals surface area contributed by atoms with E-state index in [2.05, 4.69) is 33.0 Å². The van der Waals surface area contributed by atoms with Gasteiger partial charge < -0.3 is 14.4 Å². The van der Waals surface area contributed by atoms with Crippen LogP contribution in [0.25, 0.3) is 11.3 Å². The summed E-state index contributed by atoms with van der Waals surface area (Å²) in [4.78, 5) is 30.8. The molecule has 4 rings (SSSR count). The molecule has 7 heteroatoms. The second kappa shape index (κ2) is 7.99. The van der Waals surface area contributed by atoms with E-state index in [1.807, 2.05) is 29.2 Å². The molecule has 0 saturated carbocycles. The zero-order chi connectivity index (χ0) is 20.5.